The number of piperidine rings is 1. The average Bonchev–Trinajstić information content (AvgIpc) is 2.70. The van der Waals surface area contributed by atoms with Crippen molar-refractivity contribution in [1.29, 1.82) is 0 Å². The number of nitrogens with one attached hydrogen (secondary N) is 1. The SMILES string of the molecule is COc1ccc(Cl)cc1S(=O)(=O)N1CCC[C@H](C(=O)Nc2ccc(Cl)cc2C)C1. The van der Waals surface area contributed by atoms with Gasteiger partial charge in [0, 0.05) is 28.8 Å². The Morgan fingerprint density at radius 3 is 2.55 bits per heavy atom. The minimum Gasteiger partial charge on any atom is -0.495 e. The Morgan fingerprint density at radius 1 is 1.17 bits per heavy atom. The van der Waals surface area contributed by atoms with Crippen LogP contribution in [0.5, 0.6) is 5.75 Å². The van der Waals surface area contributed by atoms with E-state index in [-0.39, 0.29) is 23.1 Å². The fourth-order valence-corrected chi connectivity index (χ4v) is 5.54. The number of carbonyl (C=O) groups excluding carboxylic acids is 1. The molecule has 1 atom stereocenters. The number of halogens is 2. The second-order valence-corrected chi connectivity index (χ2v) is 9.73. The van der Waals surface area contributed by atoms with Crippen LogP contribution in [0.4, 0.5) is 5.69 Å². The molecule has 1 saturated heterocycles. The van der Waals surface area contributed by atoms with Crippen LogP contribution in [0.25, 0.3) is 0 Å². The number of sulfonamides is 1. The summed E-state index contributed by atoms with van der Waals surface area (Å²) < 4.78 is 32.9. The monoisotopic (exact) mass is 456 g/mol. The van der Waals surface area contributed by atoms with Crippen LogP contribution < -0.4 is 10.1 Å². The number of hydrogen-bond donors (Lipinski definition) is 1. The molecule has 0 saturated carbocycles. The summed E-state index contributed by atoms with van der Waals surface area (Å²) in [5.41, 5.74) is 1.51. The molecule has 0 spiro atoms. The number of aryl methyl sites for hydroxylation is 1. The molecule has 2 aromatic carbocycles. The zero-order valence-electron chi connectivity index (χ0n) is 16.1. The number of hydrogen-bond acceptors (Lipinski definition) is 4. The third-order valence-corrected chi connectivity index (χ3v) is 7.30. The van der Waals surface area contributed by atoms with Gasteiger partial charge >= 0.3 is 0 Å². The molecule has 1 N–H and O–H groups in total. The summed E-state index contributed by atoms with van der Waals surface area (Å²) in [4.78, 5) is 12.8. The molecule has 156 valence electrons. The molecule has 0 radical (unpaired) electrons. The van der Waals surface area contributed by atoms with E-state index in [4.69, 9.17) is 27.9 Å². The number of benzene rings is 2. The van der Waals surface area contributed by atoms with E-state index in [1.807, 2.05) is 6.92 Å². The summed E-state index contributed by atoms with van der Waals surface area (Å²) in [6.07, 6.45) is 1.19. The molecule has 3 rings (SSSR count). The first-order valence-electron chi connectivity index (χ1n) is 9.13. The van der Waals surface area contributed by atoms with Gasteiger partial charge in [0.15, 0.2) is 0 Å². The molecule has 2 aromatic rings. The van der Waals surface area contributed by atoms with Crippen molar-refractivity contribution in [3.05, 3.63) is 52.0 Å². The van der Waals surface area contributed by atoms with E-state index in [2.05, 4.69) is 5.32 Å². The van der Waals surface area contributed by atoms with Crippen molar-refractivity contribution in [2.24, 2.45) is 5.92 Å². The topological polar surface area (TPSA) is 75.7 Å². The molecule has 9 heteroatoms. The van der Waals surface area contributed by atoms with E-state index in [0.29, 0.717) is 35.1 Å². The number of carbonyl (C=O) groups is 1. The predicted octanol–water partition coefficient (Wildman–Crippen LogP) is 4.35. The second kappa shape index (κ2) is 8.92. The van der Waals surface area contributed by atoms with Gasteiger partial charge < -0.3 is 10.1 Å². The largest absolute Gasteiger partial charge is 0.495 e. The Balaban J connectivity index is 1.79. The minimum absolute atomic E-state index is 0.00195. The predicted molar refractivity (Wildman–Crippen MR) is 114 cm³/mol. The van der Waals surface area contributed by atoms with Crippen LogP contribution in [0, 0.1) is 12.8 Å². The number of amides is 1. The lowest BCUT2D eigenvalue weighted by molar-refractivity contribution is -0.120. The first-order valence-corrected chi connectivity index (χ1v) is 11.3. The summed E-state index contributed by atoms with van der Waals surface area (Å²) in [5, 5.41) is 3.77. The number of methoxy groups -OCH3 is 1. The summed E-state index contributed by atoms with van der Waals surface area (Å²) in [6.45, 7) is 2.28. The molecule has 1 heterocycles. The van der Waals surface area contributed by atoms with Gasteiger partial charge in [-0.15, -0.1) is 0 Å². The van der Waals surface area contributed by atoms with Crippen LogP contribution >= 0.6 is 23.2 Å². The van der Waals surface area contributed by atoms with Crippen LogP contribution in [0.2, 0.25) is 10.0 Å². The maximum Gasteiger partial charge on any atom is 0.246 e. The van der Waals surface area contributed by atoms with E-state index in [0.717, 1.165) is 5.56 Å². The maximum absolute atomic E-state index is 13.2. The van der Waals surface area contributed by atoms with Crippen LogP contribution in [0.15, 0.2) is 41.3 Å². The molecule has 1 fully saturated rings. The normalized spacial score (nSPS) is 17.7. The quantitative estimate of drug-likeness (QED) is 0.725. The summed E-state index contributed by atoms with van der Waals surface area (Å²) in [6, 6.07) is 9.67. The smallest absolute Gasteiger partial charge is 0.246 e. The Bertz CT molecular complexity index is 1030. The van der Waals surface area contributed by atoms with Crippen molar-refractivity contribution in [1.82, 2.24) is 4.31 Å². The number of anilines is 1. The van der Waals surface area contributed by atoms with Gasteiger partial charge in [0.2, 0.25) is 15.9 Å². The molecule has 1 aliphatic rings. The molecular formula is C20H22Cl2N2O4S. The third-order valence-electron chi connectivity index (χ3n) is 4.94. The van der Waals surface area contributed by atoms with Crippen LogP contribution in [0.1, 0.15) is 18.4 Å². The van der Waals surface area contributed by atoms with Crippen molar-refractivity contribution in [3.63, 3.8) is 0 Å². The van der Waals surface area contributed by atoms with Crippen molar-refractivity contribution in [2.75, 3.05) is 25.5 Å². The van der Waals surface area contributed by atoms with Gasteiger partial charge in [-0.1, -0.05) is 23.2 Å². The van der Waals surface area contributed by atoms with Gasteiger partial charge in [-0.3, -0.25) is 4.79 Å². The number of ether oxygens (including phenoxy) is 1. The van der Waals surface area contributed by atoms with E-state index in [1.54, 1.807) is 24.3 Å². The van der Waals surface area contributed by atoms with E-state index < -0.39 is 15.9 Å². The molecule has 29 heavy (non-hydrogen) atoms. The molecule has 0 unspecified atom stereocenters. The van der Waals surface area contributed by atoms with Crippen LogP contribution in [-0.4, -0.2) is 38.8 Å². The number of nitrogens with zero attached hydrogens (tertiary/aromatic N) is 1. The lowest BCUT2D eigenvalue weighted by Gasteiger charge is -2.31. The molecule has 1 aliphatic heterocycles. The lowest BCUT2D eigenvalue weighted by atomic mass is 9.98. The van der Waals surface area contributed by atoms with Crippen molar-refractivity contribution in [3.8, 4) is 5.75 Å². The molecule has 1 amide bonds. The summed E-state index contributed by atoms with van der Waals surface area (Å²) in [7, 11) is -2.45. The second-order valence-electron chi connectivity index (χ2n) is 6.95. The Kier molecular flexibility index (Phi) is 6.73. The fraction of sp³-hybridized carbons (Fsp3) is 0.350. The number of rotatable bonds is 5. The summed E-state index contributed by atoms with van der Waals surface area (Å²) in [5.74, 6) is -0.454. The Hall–Kier alpha value is -1.80. The van der Waals surface area contributed by atoms with Crippen LogP contribution in [0.3, 0.4) is 0 Å². The van der Waals surface area contributed by atoms with Crippen molar-refractivity contribution in [2.45, 2.75) is 24.7 Å². The van der Waals surface area contributed by atoms with Crippen molar-refractivity contribution >= 4 is 44.8 Å². The standard InChI is InChI=1S/C20H22Cl2N2O4S/c1-13-10-15(21)5-7-17(13)23-20(25)14-4-3-9-24(12-14)29(26,27)19-11-16(22)6-8-18(19)28-2/h5-8,10-11,14H,3-4,9,12H2,1-2H3,(H,23,25)/t14-/m0/s1. The molecule has 0 bridgehead atoms. The van der Waals surface area contributed by atoms with Crippen molar-refractivity contribution < 1.29 is 17.9 Å². The first-order chi connectivity index (χ1) is 13.7. The highest BCUT2D eigenvalue weighted by molar-refractivity contribution is 7.89. The zero-order chi connectivity index (χ0) is 21.2. The van der Waals surface area contributed by atoms with Gasteiger partial charge in [0.25, 0.3) is 0 Å². The van der Waals surface area contributed by atoms with Crippen LogP contribution in [-0.2, 0) is 14.8 Å². The zero-order valence-corrected chi connectivity index (χ0v) is 18.4. The third kappa shape index (κ3) is 4.86. The lowest BCUT2D eigenvalue weighted by Crippen LogP contribution is -2.43. The maximum atomic E-state index is 13.2. The minimum atomic E-state index is -3.85. The van der Waals surface area contributed by atoms with Gasteiger partial charge in [0.1, 0.15) is 10.6 Å². The summed E-state index contributed by atoms with van der Waals surface area (Å²) >= 11 is 12.0. The van der Waals surface area contributed by atoms with E-state index in [9.17, 15) is 13.2 Å². The van der Waals surface area contributed by atoms with Gasteiger partial charge in [-0.05, 0) is 61.7 Å². The highest BCUT2D eigenvalue weighted by Gasteiger charge is 2.35. The van der Waals surface area contributed by atoms with Gasteiger partial charge in [0.05, 0.1) is 13.0 Å². The Labute approximate surface area is 180 Å². The van der Waals surface area contributed by atoms with E-state index >= 15 is 0 Å². The fourth-order valence-electron chi connectivity index (χ4n) is 3.37. The molecule has 6 nitrogen and oxygen atoms in total. The highest BCUT2D eigenvalue weighted by atomic mass is 35.5. The molecular weight excluding hydrogens is 435 g/mol. The average molecular weight is 457 g/mol. The first kappa shape index (κ1) is 21.9. The highest BCUT2D eigenvalue weighted by Crippen LogP contribution is 2.32. The van der Waals surface area contributed by atoms with Gasteiger partial charge in [-0.25, -0.2) is 8.42 Å². The van der Waals surface area contributed by atoms with Gasteiger partial charge in [-0.2, -0.15) is 4.31 Å². The molecule has 0 aromatic heterocycles. The Morgan fingerprint density at radius 2 is 1.86 bits per heavy atom. The van der Waals surface area contributed by atoms with E-state index in [1.165, 1.54) is 23.5 Å². The molecule has 0 aliphatic carbocycles.